The van der Waals surface area contributed by atoms with Crippen molar-refractivity contribution in [2.75, 3.05) is 33.9 Å². The average Bonchev–Trinajstić information content (AvgIpc) is 1.85. The highest BCUT2D eigenvalue weighted by atomic mass is 16.5. The molecule has 1 aliphatic rings. The van der Waals surface area contributed by atoms with Gasteiger partial charge in [-0.3, -0.25) is 0 Å². The summed E-state index contributed by atoms with van der Waals surface area (Å²) in [6.07, 6.45) is 0. The van der Waals surface area contributed by atoms with Gasteiger partial charge in [0.2, 0.25) is 0 Å². The van der Waals surface area contributed by atoms with Crippen LogP contribution in [0.3, 0.4) is 0 Å². The zero-order valence-corrected chi connectivity index (χ0v) is 7.63. The Morgan fingerprint density at radius 1 is 1.45 bits per heavy atom. The quantitative estimate of drug-likeness (QED) is 0.608. The minimum absolute atomic E-state index is 0.508. The third kappa shape index (κ3) is 3.18. The molecule has 1 fully saturated rings. The molecule has 0 aromatic carbocycles. The van der Waals surface area contributed by atoms with Crippen molar-refractivity contribution in [3.05, 3.63) is 0 Å². The molecule has 3 heteroatoms. The van der Waals surface area contributed by atoms with Crippen molar-refractivity contribution in [3.8, 4) is 0 Å². The van der Waals surface area contributed by atoms with E-state index in [0.29, 0.717) is 12.1 Å². The molecule has 0 aromatic heterocycles. The molecule has 0 amide bonds. The summed E-state index contributed by atoms with van der Waals surface area (Å²) < 4.78 is 5.41. The second kappa shape index (κ2) is 4.04. The Labute approximate surface area is 68.7 Å². The molecule has 66 valence electrons. The normalized spacial score (nSPS) is 32.7. The highest BCUT2D eigenvalue weighted by Gasteiger charge is 2.17. The summed E-state index contributed by atoms with van der Waals surface area (Å²) in [5.41, 5.74) is 0. The average molecular weight is 158 g/mol. The number of morpholine rings is 1. The molecule has 0 spiro atoms. The fourth-order valence-corrected chi connectivity index (χ4v) is 1.43. The molecule has 1 N–H and O–H groups in total. The van der Waals surface area contributed by atoms with Gasteiger partial charge < -0.3 is 15.0 Å². The monoisotopic (exact) mass is 158 g/mol. The van der Waals surface area contributed by atoms with E-state index < -0.39 is 0 Å². The largest absolute Gasteiger partial charge is 0.378 e. The lowest BCUT2D eigenvalue weighted by atomic mass is 10.2. The first kappa shape index (κ1) is 8.97. The van der Waals surface area contributed by atoms with E-state index in [9.17, 15) is 0 Å². The van der Waals surface area contributed by atoms with Crippen molar-refractivity contribution in [3.63, 3.8) is 0 Å². The van der Waals surface area contributed by atoms with Gasteiger partial charge in [0, 0.05) is 18.6 Å². The molecule has 0 aliphatic carbocycles. The number of rotatable bonds is 2. The molecule has 1 rings (SSSR count). The minimum Gasteiger partial charge on any atom is -0.378 e. The van der Waals surface area contributed by atoms with Gasteiger partial charge in [0.15, 0.2) is 0 Å². The summed E-state index contributed by atoms with van der Waals surface area (Å²) in [5, 5.41) is 3.48. The molecular weight excluding hydrogens is 140 g/mol. The van der Waals surface area contributed by atoms with Crippen LogP contribution in [0, 0.1) is 0 Å². The third-order valence-electron chi connectivity index (χ3n) is 1.79. The molecule has 2 atom stereocenters. The molecule has 0 saturated carbocycles. The van der Waals surface area contributed by atoms with Gasteiger partial charge in [-0.2, -0.15) is 0 Å². The molecule has 11 heavy (non-hydrogen) atoms. The van der Waals surface area contributed by atoms with Gasteiger partial charge in [-0.05, 0) is 21.0 Å². The van der Waals surface area contributed by atoms with E-state index in [0.717, 1.165) is 19.8 Å². The van der Waals surface area contributed by atoms with Gasteiger partial charge in [0.1, 0.15) is 0 Å². The Hall–Kier alpha value is -0.120. The van der Waals surface area contributed by atoms with Crippen molar-refractivity contribution in [2.45, 2.75) is 19.0 Å². The number of hydrogen-bond donors (Lipinski definition) is 1. The van der Waals surface area contributed by atoms with Crippen molar-refractivity contribution < 1.29 is 4.74 Å². The standard InChI is InChI=1S/C8H18N2O/c1-7-5-11-6-8(9-7)4-10(2)3/h7-9H,4-6H2,1-3H3/t7-,8+/m0/s1. The van der Waals surface area contributed by atoms with Gasteiger partial charge in [0.25, 0.3) is 0 Å². The highest BCUT2D eigenvalue weighted by molar-refractivity contribution is 4.77. The Balaban J connectivity index is 2.23. The van der Waals surface area contributed by atoms with Crippen LogP contribution in [-0.4, -0.2) is 50.8 Å². The van der Waals surface area contributed by atoms with Crippen molar-refractivity contribution in [1.29, 1.82) is 0 Å². The summed E-state index contributed by atoms with van der Waals surface area (Å²) in [5.74, 6) is 0. The number of likely N-dealkylation sites (N-methyl/N-ethyl adjacent to an activating group) is 1. The molecule has 3 nitrogen and oxygen atoms in total. The summed E-state index contributed by atoms with van der Waals surface area (Å²) in [6.45, 7) is 4.92. The number of nitrogens with zero attached hydrogens (tertiary/aromatic N) is 1. The second-order valence-electron chi connectivity index (χ2n) is 3.56. The Kier molecular flexibility index (Phi) is 3.30. The Bertz CT molecular complexity index is 115. The first-order valence-corrected chi connectivity index (χ1v) is 4.17. The van der Waals surface area contributed by atoms with Crippen LogP contribution in [-0.2, 0) is 4.74 Å². The summed E-state index contributed by atoms with van der Waals surface area (Å²) in [6, 6.07) is 1.02. The lowest BCUT2D eigenvalue weighted by molar-refractivity contribution is 0.0430. The van der Waals surface area contributed by atoms with Crippen LogP contribution in [0.4, 0.5) is 0 Å². The number of ether oxygens (including phenoxy) is 1. The second-order valence-corrected chi connectivity index (χ2v) is 3.56. The maximum absolute atomic E-state index is 5.41. The van der Waals surface area contributed by atoms with E-state index in [4.69, 9.17) is 4.74 Å². The van der Waals surface area contributed by atoms with Gasteiger partial charge in [0.05, 0.1) is 13.2 Å². The maximum atomic E-state index is 5.41. The first-order chi connectivity index (χ1) is 5.18. The fourth-order valence-electron chi connectivity index (χ4n) is 1.43. The van der Waals surface area contributed by atoms with E-state index in [1.54, 1.807) is 0 Å². The highest BCUT2D eigenvalue weighted by Crippen LogP contribution is 1.99. The zero-order chi connectivity index (χ0) is 8.27. The van der Waals surface area contributed by atoms with Crippen LogP contribution in [0.15, 0.2) is 0 Å². The number of hydrogen-bond acceptors (Lipinski definition) is 3. The topological polar surface area (TPSA) is 24.5 Å². The molecule has 1 saturated heterocycles. The molecule has 0 unspecified atom stereocenters. The van der Waals surface area contributed by atoms with E-state index in [2.05, 4.69) is 31.2 Å². The molecular formula is C8H18N2O. The van der Waals surface area contributed by atoms with Crippen LogP contribution >= 0.6 is 0 Å². The minimum atomic E-state index is 0.508. The summed E-state index contributed by atoms with van der Waals surface area (Å²) in [7, 11) is 4.17. The zero-order valence-electron chi connectivity index (χ0n) is 7.63. The number of nitrogens with one attached hydrogen (secondary N) is 1. The van der Waals surface area contributed by atoms with E-state index in [1.165, 1.54) is 0 Å². The third-order valence-corrected chi connectivity index (χ3v) is 1.79. The SMILES string of the molecule is C[C@H]1COC[C@@H](CN(C)C)N1. The van der Waals surface area contributed by atoms with E-state index in [-0.39, 0.29) is 0 Å². The van der Waals surface area contributed by atoms with Crippen LogP contribution in [0.25, 0.3) is 0 Å². The van der Waals surface area contributed by atoms with Gasteiger partial charge in [-0.1, -0.05) is 0 Å². The summed E-state index contributed by atoms with van der Waals surface area (Å²) in [4.78, 5) is 2.18. The maximum Gasteiger partial charge on any atom is 0.0633 e. The predicted octanol–water partition coefficient (Wildman–Crippen LogP) is -0.0751. The predicted molar refractivity (Wildman–Crippen MR) is 45.8 cm³/mol. The van der Waals surface area contributed by atoms with Crippen LogP contribution < -0.4 is 5.32 Å². The first-order valence-electron chi connectivity index (χ1n) is 4.17. The fraction of sp³-hybridized carbons (Fsp3) is 1.00. The molecule has 0 bridgehead atoms. The smallest absolute Gasteiger partial charge is 0.0633 e. The van der Waals surface area contributed by atoms with Gasteiger partial charge >= 0.3 is 0 Å². The molecule has 0 radical (unpaired) electrons. The lowest BCUT2D eigenvalue weighted by Gasteiger charge is -2.30. The van der Waals surface area contributed by atoms with Gasteiger partial charge in [-0.25, -0.2) is 0 Å². The molecule has 0 aromatic rings. The molecule has 1 heterocycles. The molecule has 1 aliphatic heterocycles. The Morgan fingerprint density at radius 2 is 2.18 bits per heavy atom. The Morgan fingerprint density at radius 3 is 2.73 bits per heavy atom. The van der Waals surface area contributed by atoms with Gasteiger partial charge in [-0.15, -0.1) is 0 Å². The van der Waals surface area contributed by atoms with Crippen LogP contribution in [0.2, 0.25) is 0 Å². The van der Waals surface area contributed by atoms with E-state index >= 15 is 0 Å². The van der Waals surface area contributed by atoms with Crippen LogP contribution in [0.5, 0.6) is 0 Å². The van der Waals surface area contributed by atoms with Crippen molar-refractivity contribution >= 4 is 0 Å². The summed E-state index contributed by atoms with van der Waals surface area (Å²) >= 11 is 0. The van der Waals surface area contributed by atoms with Crippen LogP contribution in [0.1, 0.15) is 6.92 Å². The lowest BCUT2D eigenvalue weighted by Crippen LogP contribution is -2.51. The van der Waals surface area contributed by atoms with Crippen molar-refractivity contribution in [2.24, 2.45) is 0 Å². The van der Waals surface area contributed by atoms with Crippen molar-refractivity contribution in [1.82, 2.24) is 10.2 Å². The van der Waals surface area contributed by atoms with E-state index in [1.807, 2.05) is 0 Å².